The van der Waals surface area contributed by atoms with E-state index in [-0.39, 0.29) is 17.1 Å². The molecular formula is C27H32O2Si. The van der Waals surface area contributed by atoms with Crippen LogP contribution in [-0.2, 0) is 15.6 Å². The van der Waals surface area contributed by atoms with Gasteiger partial charge < -0.3 is 9.22 Å². The Labute approximate surface area is 182 Å². The van der Waals surface area contributed by atoms with Gasteiger partial charge in [0.25, 0.3) is 8.32 Å². The second kappa shape index (κ2) is 9.54. The maximum absolute atomic E-state index is 12.1. The molecule has 0 aliphatic carbocycles. The highest BCUT2D eigenvalue weighted by molar-refractivity contribution is 6.99. The van der Waals surface area contributed by atoms with Crippen LogP contribution in [0.4, 0.5) is 0 Å². The van der Waals surface area contributed by atoms with Gasteiger partial charge in [-0.25, -0.2) is 0 Å². The fourth-order valence-corrected chi connectivity index (χ4v) is 9.02. The molecule has 0 radical (unpaired) electrons. The van der Waals surface area contributed by atoms with Crippen LogP contribution in [0.1, 0.15) is 33.3 Å². The molecule has 0 aliphatic heterocycles. The van der Waals surface area contributed by atoms with E-state index >= 15 is 0 Å². The maximum atomic E-state index is 12.1. The SMILES string of the molecule is C[C@H](O[Si](c1ccccc1)(c1ccccc1)C(C)(C)C)[C@@H](C=O)Cc1ccccc1. The molecule has 3 aromatic carbocycles. The summed E-state index contributed by atoms with van der Waals surface area (Å²) >= 11 is 0. The van der Waals surface area contributed by atoms with E-state index in [4.69, 9.17) is 4.43 Å². The highest BCUT2D eigenvalue weighted by atomic mass is 28.4. The summed E-state index contributed by atoms with van der Waals surface area (Å²) in [5.41, 5.74) is 1.16. The van der Waals surface area contributed by atoms with Gasteiger partial charge in [0.1, 0.15) is 6.29 Å². The molecule has 0 aromatic heterocycles. The van der Waals surface area contributed by atoms with Crippen molar-refractivity contribution in [3.63, 3.8) is 0 Å². The Balaban J connectivity index is 2.05. The first kappa shape index (κ1) is 22.2. The Morgan fingerprint density at radius 3 is 1.63 bits per heavy atom. The second-order valence-corrected chi connectivity index (χ2v) is 13.2. The van der Waals surface area contributed by atoms with Crippen LogP contribution in [0.3, 0.4) is 0 Å². The molecule has 3 heteroatoms. The molecule has 0 spiro atoms. The highest BCUT2D eigenvalue weighted by Gasteiger charge is 2.51. The third-order valence-electron chi connectivity index (χ3n) is 5.87. The lowest BCUT2D eigenvalue weighted by Crippen LogP contribution is -2.68. The predicted molar refractivity (Wildman–Crippen MR) is 128 cm³/mol. The standard InChI is InChI=1S/C27H32O2Si/c1-22(24(21-28)20-23-14-8-5-9-15-23)29-30(27(2,3)4,25-16-10-6-11-17-25)26-18-12-7-13-19-26/h5-19,21-22,24H,20H2,1-4H3/t22-,24+/m0/s1. The number of hydrogen-bond acceptors (Lipinski definition) is 2. The maximum Gasteiger partial charge on any atom is 0.261 e. The van der Waals surface area contributed by atoms with Crippen molar-refractivity contribution < 1.29 is 9.22 Å². The summed E-state index contributed by atoms with van der Waals surface area (Å²) in [4.78, 5) is 12.1. The summed E-state index contributed by atoms with van der Waals surface area (Å²) in [7, 11) is -2.67. The molecule has 0 aliphatic rings. The fraction of sp³-hybridized carbons (Fsp3) is 0.296. The molecule has 0 unspecified atom stereocenters. The quantitative estimate of drug-likeness (QED) is 0.381. The van der Waals surface area contributed by atoms with Crippen LogP contribution in [0.15, 0.2) is 91.0 Å². The third-order valence-corrected chi connectivity index (χ3v) is 11.0. The van der Waals surface area contributed by atoms with E-state index in [0.29, 0.717) is 6.42 Å². The van der Waals surface area contributed by atoms with E-state index in [1.54, 1.807) is 0 Å². The number of carbonyl (C=O) groups is 1. The summed E-state index contributed by atoms with van der Waals surface area (Å²) in [5, 5.41) is 2.37. The highest BCUT2D eigenvalue weighted by Crippen LogP contribution is 2.38. The van der Waals surface area contributed by atoms with Crippen LogP contribution in [0.5, 0.6) is 0 Å². The zero-order valence-corrected chi connectivity index (χ0v) is 19.4. The lowest BCUT2D eigenvalue weighted by molar-refractivity contribution is -0.113. The normalized spacial score (nSPS) is 14.1. The van der Waals surface area contributed by atoms with E-state index in [1.807, 2.05) is 30.3 Å². The zero-order chi connectivity index (χ0) is 21.6. The number of benzene rings is 3. The fourth-order valence-electron chi connectivity index (χ4n) is 4.27. The smallest absolute Gasteiger partial charge is 0.261 e. The number of hydrogen-bond donors (Lipinski definition) is 0. The van der Waals surface area contributed by atoms with Gasteiger partial charge in [0.05, 0.1) is 6.10 Å². The minimum absolute atomic E-state index is 0.107. The van der Waals surface area contributed by atoms with Gasteiger partial charge in [-0.3, -0.25) is 0 Å². The van der Waals surface area contributed by atoms with E-state index in [1.165, 1.54) is 10.4 Å². The second-order valence-electron chi connectivity index (χ2n) is 8.98. The largest absolute Gasteiger partial charge is 0.404 e. The minimum atomic E-state index is -2.67. The summed E-state index contributed by atoms with van der Waals surface area (Å²) in [6.07, 6.45) is 1.55. The van der Waals surface area contributed by atoms with Gasteiger partial charge in [-0.1, -0.05) is 112 Å². The van der Waals surface area contributed by atoms with Crippen LogP contribution < -0.4 is 10.4 Å². The third kappa shape index (κ3) is 4.63. The van der Waals surface area contributed by atoms with Gasteiger partial charge in [-0.15, -0.1) is 0 Å². The van der Waals surface area contributed by atoms with Crippen molar-refractivity contribution in [2.45, 2.75) is 45.3 Å². The monoisotopic (exact) mass is 416 g/mol. The van der Waals surface area contributed by atoms with E-state index in [0.717, 1.165) is 11.8 Å². The molecule has 0 N–H and O–H groups in total. The van der Waals surface area contributed by atoms with Gasteiger partial charge in [-0.05, 0) is 34.3 Å². The van der Waals surface area contributed by atoms with Gasteiger partial charge in [0.15, 0.2) is 0 Å². The average molecular weight is 417 g/mol. The summed E-state index contributed by atoms with van der Waals surface area (Å²) in [6, 6.07) is 31.4. The van der Waals surface area contributed by atoms with Crippen LogP contribution in [0.2, 0.25) is 5.04 Å². The molecule has 2 nitrogen and oxygen atoms in total. The molecule has 30 heavy (non-hydrogen) atoms. The Morgan fingerprint density at radius 1 is 0.800 bits per heavy atom. The lowest BCUT2D eigenvalue weighted by Gasteiger charge is -2.45. The lowest BCUT2D eigenvalue weighted by atomic mass is 9.96. The Hall–Kier alpha value is -2.49. The molecule has 0 bridgehead atoms. The summed E-state index contributed by atoms with van der Waals surface area (Å²) < 4.78 is 7.11. The van der Waals surface area contributed by atoms with Crippen LogP contribution >= 0.6 is 0 Å². The van der Waals surface area contributed by atoms with Gasteiger partial charge in [-0.2, -0.15) is 0 Å². The van der Waals surface area contributed by atoms with Crippen molar-refractivity contribution in [2.75, 3.05) is 0 Å². The Morgan fingerprint density at radius 2 is 1.23 bits per heavy atom. The molecule has 156 valence electrons. The number of rotatable bonds is 8. The predicted octanol–water partition coefficient (Wildman–Crippen LogP) is 5.01. The van der Waals surface area contributed by atoms with Crippen molar-refractivity contribution in [2.24, 2.45) is 5.92 Å². The number of carbonyl (C=O) groups excluding carboxylic acids is 1. The first-order valence-corrected chi connectivity index (χ1v) is 12.6. The van der Waals surface area contributed by atoms with Crippen LogP contribution in [-0.4, -0.2) is 20.7 Å². The average Bonchev–Trinajstić information content (AvgIpc) is 2.76. The molecule has 0 saturated heterocycles. The first-order chi connectivity index (χ1) is 14.4. The van der Waals surface area contributed by atoms with Gasteiger partial charge in [0, 0.05) is 5.92 Å². The first-order valence-electron chi connectivity index (χ1n) is 10.7. The topological polar surface area (TPSA) is 26.3 Å². The molecule has 0 heterocycles. The zero-order valence-electron chi connectivity index (χ0n) is 18.4. The van der Waals surface area contributed by atoms with Crippen LogP contribution in [0.25, 0.3) is 0 Å². The molecule has 2 atom stereocenters. The van der Waals surface area contributed by atoms with Crippen molar-refractivity contribution in [1.29, 1.82) is 0 Å². The van der Waals surface area contributed by atoms with Crippen molar-refractivity contribution in [3.05, 3.63) is 96.6 Å². The molecule has 0 fully saturated rings. The number of aldehydes is 1. The molecule has 0 amide bonds. The summed E-state index contributed by atoms with van der Waals surface area (Å²) in [5.74, 6) is -0.200. The molecule has 0 saturated carbocycles. The van der Waals surface area contributed by atoms with Crippen molar-refractivity contribution >= 4 is 25.0 Å². The molecular weight excluding hydrogens is 384 g/mol. The van der Waals surface area contributed by atoms with E-state index < -0.39 is 8.32 Å². The Kier molecular flexibility index (Phi) is 7.06. The van der Waals surface area contributed by atoms with E-state index in [2.05, 4.69) is 88.4 Å². The van der Waals surface area contributed by atoms with Crippen LogP contribution in [0, 0.1) is 5.92 Å². The van der Waals surface area contributed by atoms with Gasteiger partial charge in [0.2, 0.25) is 0 Å². The van der Waals surface area contributed by atoms with Crippen molar-refractivity contribution in [1.82, 2.24) is 0 Å². The molecule has 3 aromatic rings. The van der Waals surface area contributed by atoms with Crippen molar-refractivity contribution in [3.8, 4) is 0 Å². The minimum Gasteiger partial charge on any atom is -0.404 e. The summed E-state index contributed by atoms with van der Waals surface area (Å²) in [6.45, 7) is 8.85. The van der Waals surface area contributed by atoms with E-state index in [9.17, 15) is 4.79 Å². The Bertz CT molecular complexity index is 878. The van der Waals surface area contributed by atoms with Gasteiger partial charge >= 0.3 is 0 Å². The molecule has 3 rings (SSSR count).